The van der Waals surface area contributed by atoms with E-state index in [9.17, 15) is 10.2 Å². The first-order valence-corrected chi connectivity index (χ1v) is 8.70. The van der Waals surface area contributed by atoms with Crippen LogP contribution in [0.3, 0.4) is 0 Å². The average molecular weight is 344 g/mol. The first-order chi connectivity index (χ1) is 12.2. The van der Waals surface area contributed by atoms with Crippen LogP contribution in [-0.4, -0.2) is 43.6 Å². The first-order valence-electron chi connectivity index (χ1n) is 8.70. The van der Waals surface area contributed by atoms with E-state index in [4.69, 9.17) is 10.5 Å². The van der Waals surface area contributed by atoms with Crippen molar-refractivity contribution in [3.8, 4) is 11.8 Å². The smallest absolute Gasteiger partial charge is 0.161 e. The Hall–Kier alpha value is -2.14. The Morgan fingerprint density at radius 3 is 2.96 bits per heavy atom. The van der Waals surface area contributed by atoms with Crippen LogP contribution < -0.4 is 5.73 Å². The van der Waals surface area contributed by atoms with Crippen molar-refractivity contribution in [2.24, 2.45) is 0 Å². The van der Waals surface area contributed by atoms with E-state index in [2.05, 4.69) is 28.7 Å². The van der Waals surface area contributed by atoms with Gasteiger partial charge in [0.15, 0.2) is 6.23 Å². The van der Waals surface area contributed by atoms with Crippen molar-refractivity contribution >= 4 is 16.9 Å². The molecule has 1 aliphatic heterocycles. The molecule has 3 heterocycles. The van der Waals surface area contributed by atoms with Crippen LogP contribution in [0.25, 0.3) is 11.0 Å². The molecule has 1 aliphatic rings. The molecule has 0 aromatic carbocycles. The zero-order valence-corrected chi connectivity index (χ0v) is 14.4. The van der Waals surface area contributed by atoms with Crippen LogP contribution in [0.2, 0.25) is 0 Å². The summed E-state index contributed by atoms with van der Waals surface area (Å²) in [5.74, 6) is 6.68. The van der Waals surface area contributed by atoms with Crippen LogP contribution in [0.1, 0.15) is 50.8 Å². The SMILES string of the molecule is CCCCCC#Cc1cn([C@@H]2O[C@H](CO)CC2O)c2ncnc(N)c12. The van der Waals surface area contributed by atoms with Crippen LogP contribution >= 0.6 is 0 Å². The van der Waals surface area contributed by atoms with Gasteiger partial charge in [-0.25, -0.2) is 9.97 Å². The molecule has 2 aromatic rings. The molecule has 25 heavy (non-hydrogen) atoms. The lowest BCUT2D eigenvalue weighted by atomic mass is 10.2. The number of rotatable bonds is 5. The van der Waals surface area contributed by atoms with E-state index in [0.29, 0.717) is 23.3 Å². The summed E-state index contributed by atoms with van der Waals surface area (Å²) in [7, 11) is 0. The highest BCUT2D eigenvalue weighted by atomic mass is 16.5. The van der Waals surface area contributed by atoms with Gasteiger partial charge in [0, 0.05) is 19.0 Å². The summed E-state index contributed by atoms with van der Waals surface area (Å²) >= 11 is 0. The number of fused-ring (bicyclic) bond motifs is 1. The Labute approximate surface area is 146 Å². The number of nitrogens with zero attached hydrogens (tertiary/aromatic N) is 3. The van der Waals surface area contributed by atoms with E-state index in [-0.39, 0.29) is 12.7 Å². The minimum atomic E-state index is -0.727. The molecule has 7 nitrogen and oxygen atoms in total. The molecule has 134 valence electrons. The topological polar surface area (TPSA) is 106 Å². The summed E-state index contributed by atoms with van der Waals surface area (Å²) < 4.78 is 7.48. The predicted molar refractivity (Wildman–Crippen MR) is 94.6 cm³/mol. The second kappa shape index (κ2) is 7.83. The number of aliphatic hydroxyl groups is 2. The van der Waals surface area contributed by atoms with Gasteiger partial charge in [-0.1, -0.05) is 31.6 Å². The minimum absolute atomic E-state index is 0.131. The van der Waals surface area contributed by atoms with Crippen LogP contribution in [-0.2, 0) is 4.74 Å². The van der Waals surface area contributed by atoms with Crippen LogP contribution in [0.4, 0.5) is 5.82 Å². The number of anilines is 1. The Morgan fingerprint density at radius 2 is 2.24 bits per heavy atom. The summed E-state index contributed by atoms with van der Waals surface area (Å²) in [5.41, 5.74) is 7.34. The van der Waals surface area contributed by atoms with Crippen molar-refractivity contribution in [1.29, 1.82) is 0 Å². The first kappa shape index (κ1) is 17.7. The summed E-state index contributed by atoms with van der Waals surface area (Å²) in [5, 5.41) is 20.2. The molecule has 0 spiro atoms. The fraction of sp³-hybridized carbons (Fsp3) is 0.556. The maximum absolute atomic E-state index is 10.3. The third kappa shape index (κ3) is 3.61. The van der Waals surface area contributed by atoms with Crippen LogP contribution in [0.5, 0.6) is 0 Å². The Balaban J connectivity index is 1.96. The Kier molecular flexibility index (Phi) is 5.53. The van der Waals surface area contributed by atoms with Gasteiger partial charge in [-0.3, -0.25) is 0 Å². The normalized spacial score (nSPS) is 22.9. The van der Waals surface area contributed by atoms with Gasteiger partial charge in [0.05, 0.1) is 23.7 Å². The lowest BCUT2D eigenvalue weighted by molar-refractivity contribution is -0.0484. The summed E-state index contributed by atoms with van der Waals surface area (Å²) in [6.45, 7) is 2.03. The molecule has 1 unspecified atom stereocenters. The van der Waals surface area contributed by atoms with Crippen molar-refractivity contribution < 1.29 is 14.9 Å². The Bertz CT molecular complexity index is 793. The van der Waals surface area contributed by atoms with Gasteiger partial charge < -0.3 is 25.3 Å². The molecule has 7 heteroatoms. The number of hydrogen-bond acceptors (Lipinski definition) is 6. The molecule has 1 fully saturated rings. The van der Waals surface area contributed by atoms with E-state index in [1.54, 1.807) is 10.8 Å². The molecule has 3 rings (SSSR count). The van der Waals surface area contributed by atoms with Gasteiger partial charge in [-0.2, -0.15) is 0 Å². The molecule has 0 radical (unpaired) electrons. The maximum atomic E-state index is 10.3. The van der Waals surface area contributed by atoms with Gasteiger partial charge in [-0.05, 0) is 6.42 Å². The van der Waals surface area contributed by atoms with Crippen molar-refractivity contribution in [1.82, 2.24) is 14.5 Å². The third-order valence-electron chi connectivity index (χ3n) is 4.41. The molecule has 0 amide bonds. The number of aromatic nitrogens is 3. The summed E-state index contributed by atoms with van der Waals surface area (Å²) in [4.78, 5) is 8.36. The lowest BCUT2D eigenvalue weighted by Gasteiger charge is -2.17. The second-order valence-electron chi connectivity index (χ2n) is 6.30. The van der Waals surface area contributed by atoms with Gasteiger partial charge in [-0.15, -0.1) is 0 Å². The predicted octanol–water partition coefficient (Wildman–Crippen LogP) is 1.59. The van der Waals surface area contributed by atoms with Crippen molar-refractivity contribution in [3.63, 3.8) is 0 Å². The highest BCUT2D eigenvalue weighted by Gasteiger charge is 2.36. The molecule has 0 aliphatic carbocycles. The molecule has 0 saturated carbocycles. The average Bonchev–Trinajstić information content (AvgIpc) is 3.16. The zero-order valence-electron chi connectivity index (χ0n) is 14.4. The number of hydrogen-bond donors (Lipinski definition) is 3. The van der Waals surface area contributed by atoms with E-state index in [1.807, 2.05) is 0 Å². The monoisotopic (exact) mass is 344 g/mol. The van der Waals surface area contributed by atoms with Gasteiger partial charge in [0.2, 0.25) is 0 Å². The molecule has 2 aromatic heterocycles. The third-order valence-corrected chi connectivity index (χ3v) is 4.41. The van der Waals surface area contributed by atoms with Crippen molar-refractivity contribution in [3.05, 3.63) is 18.1 Å². The summed E-state index contributed by atoms with van der Waals surface area (Å²) in [6.07, 6.45) is 6.03. The largest absolute Gasteiger partial charge is 0.394 e. The van der Waals surface area contributed by atoms with E-state index < -0.39 is 12.3 Å². The minimum Gasteiger partial charge on any atom is -0.394 e. The second-order valence-corrected chi connectivity index (χ2v) is 6.30. The maximum Gasteiger partial charge on any atom is 0.161 e. The number of unbranched alkanes of at least 4 members (excludes halogenated alkanes) is 3. The van der Waals surface area contributed by atoms with Crippen molar-refractivity contribution in [2.45, 2.75) is 57.5 Å². The zero-order chi connectivity index (χ0) is 17.8. The molecule has 4 N–H and O–H groups in total. The molecular formula is C18H24N4O3. The van der Waals surface area contributed by atoms with Gasteiger partial charge in [0.25, 0.3) is 0 Å². The van der Waals surface area contributed by atoms with Crippen LogP contribution in [0, 0.1) is 11.8 Å². The van der Waals surface area contributed by atoms with Gasteiger partial charge >= 0.3 is 0 Å². The Morgan fingerprint density at radius 1 is 1.40 bits per heavy atom. The summed E-state index contributed by atoms with van der Waals surface area (Å²) in [6, 6.07) is 0. The molecule has 3 atom stereocenters. The number of aliphatic hydroxyl groups excluding tert-OH is 2. The highest BCUT2D eigenvalue weighted by Crippen LogP contribution is 2.33. The quantitative estimate of drug-likeness (QED) is 0.562. The van der Waals surface area contributed by atoms with Crippen LogP contribution in [0.15, 0.2) is 12.5 Å². The van der Waals surface area contributed by atoms with E-state index in [0.717, 1.165) is 31.2 Å². The highest BCUT2D eigenvalue weighted by molar-refractivity contribution is 5.92. The molecule has 1 saturated heterocycles. The van der Waals surface area contributed by atoms with E-state index >= 15 is 0 Å². The fourth-order valence-electron chi connectivity index (χ4n) is 3.12. The van der Waals surface area contributed by atoms with E-state index in [1.165, 1.54) is 6.33 Å². The van der Waals surface area contributed by atoms with Gasteiger partial charge in [0.1, 0.15) is 23.9 Å². The molecule has 0 bridgehead atoms. The standard InChI is InChI=1S/C18H24N4O3/c1-2-3-4-5-6-7-12-9-22(17-15(12)16(19)20-11-21-17)18-14(24)8-13(10-23)25-18/h9,11,13-14,18,23-24H,2-5,8,10H2,1H3,(H2,19,20,21)/t13-,14?,18+/m0/s1. The number of ether oxygens (including phenoxy) is 1. The fourth-order valence-corrected chi connectivity index (χ4v) is 3.12. The van der Waals surface area contributed by atoms with Crippen molar-refractivity contribution in [2.75, 3.05) is 12.3 Å². The molecular weight excluding hydrogens is 320 g/mol. The lowest BCUT2D eigenvalue weighted by Crippen LogP contribution is -2.19. The number of nitrogen functional groups attached to an aromatic ring is 1. The number of nitrogens with two attached hydrogens (primary N) is 1.